The molecule has 1 atom stereocenters. The topological polar surface area (TPSA) is 70.1 Å². The molecular formula is C26H23ClN2O4. The van der Waals surface area contributed by atoms with Gasteiger partial charge < -0.3 is 14.7 Å². The molecule has 1 unspecified atom stereocenters. The second-order valence-corrected chi connectivity index (χ2v) is 8.24. The highest BCUT2D eigenvalue weighted by atomic mass is 35.5. The number of carbonyl (C=O) groups excluding carboxylic acids is 2. The van der Waals surface area contributed by atoms with Crippen LogP contribution in [0.5, 0.6) is 5.75 Å². The van der Waals surface area contributed by atoms with Crippen LogP contribution in [0.15, 0.2) is 78.4 Å². The second-order valence-electron chi connectivity index (χ2n) is 7.84. The number of ketones is 1. The van der Waals surface area contributed by atoms with E-state index in [0.717, 1.165) is 5.69 Å². The van der Waals surface area contributed by atoms with Crippen LogP contribution in [-0.4, -0.2) is 38.0 Å². The molecule has 1 aliphatic heterocycles. The van der Waals surface area contributed by atoms with Crippen LogP contribution in [0.4, 0.5) is 11.4 Å². The molecule has 1 fully saturated rings. The van der Waals surface area contributed by atoms with Gasteiger partial charge in [-0.1, -0.05) is 41.9 Å². The Morgan fingerprint density at radius 3 is 2.27 bits per heavy atom. The van der Waals surface area contributed by atoms with Crippen molar-refractivity contribution in [3.8, 4) is 5.75 Å². The Morgan fingerprint density at radius 1 is 1.00 bits per heavy atom. The monoisotopic (exact) mass is 462 g/mol. The molecule has 0 aliphatic carbocycles. The zero-order valence-corrected chi connectivity index (χ0v) is 19.2. The second kappa shape index (κ2) is 9.00. The minimum atomic E-state index is -0.828. The van der Waals surface area contributed by atoms with E-state index in [1.807, 2.05) is 49.3 Å². The van der Waals surface area contributed by atoms with Gasteiger partial charge in [-0.15, -0.1) is 0 Å². The summed E-state index contributed by atoms with van der Waals surface area (Å²) in [7, 11) is 5.35. The first kappa shape index (κ1) is 22.4. The molecule has 6 nitrogen and oxygen atoms in total. The Bertz CT molecular complexity index is 1240. The van der Waals surface area contributed by atoms with Crippen LogP contribution < -0.4 is 14.5 Å². The highest BCUT2D eigenvalue weighted by Crippen LogP contribution is 2.43. The number of Topliss-reactive ketones (excluding diaryl/α,β-unsaturated/α-hetero) is 1. The Labute approximate surface area is 197 Å². The fourth-order valence-corrected chi connectivity index (χ4v) is 4.12. The number of hydrogen-bond acceptors (Lipinski definition) is 5. The van der Waals surface area contributed by atoms with Crippen molar-refractivity contribution in [2.45, 2.75) is 6.04 Å². The molecule has 1 heterocycles. The van der Waals surface area contributed by atoms with E-state index in [9.17, 15) is 14.7 Å². The summed E-state index contributed by atoms with van der Waals surface area (Å²) in [5.74, 6) is -1.39. The van der Waals surface area contributed by atoms with Gasteiger partial charge in [-0.05, 0) is 48.0 Å². The average molecular weight is 463 g/mol. The maximum absolute atomic E-state index is 13.2. The summed E-state index contributed by atoms with van der Waals surface area (Å²) >= 11 is 6.35. The van der Waals surface area contributed by atoms with Crippen LogP contribution in [0.3, 0.4) is 0 Å². The third-order valence-corrected chi connectivity index (χ3v) is 5.96. The molecule has 33 heavy (non-hydrogen) atoms. The molecule has 0 saturated carbocycles. The maximum atomic E-state index is 13.2. The van der Waals surface area contributed by atoms with Crippen LogP contribution >= 0.6 is 11.6 Å². The number of para-hydroxylation sites is 1. The van der Waals surface area contributed by atoms with Crippen molar-refractivity contribution in [3.63, 3.8) is 0 Å². The van der Waals surface area contributed by atoms with Gasteiger partial charge in [-0.3, -0.25) is 14.5 Å². The van der Waals surface area contributed by atoms with Crippen LogP contribution in [0, 0.1) is 0 Å². The van der Waals surface area contributed by atoms with Crippen molar-refractivity contribution in [1.82, 2.24) is 0 Å². The molecule has 1 amide bonds. The molecule has 3 aromatic carbocycles. The average Bonchev–Trinajstić information content (AvgIpc) is 3.10. The number of aliphatic hydroxyl groups excluding tert-OH is 1. The first-order chi connectivity index (χ1) is 15.8. The number of methoxy groups -OCH3 is 1. The summed E-state index contributed by atoms with van der Waals surface area (Å²) < 4.78 is 5.25. The lowest BCUT2D eigenvalue weighted by atomic mass is 9.94. The molecular weight excluding hydrogens is 440 g/mol. The van der Waals surface area contributed by atoms with Gasteiger partial charge in [0.05, 0.1) is 23.7 Å². The maximum Gasteiger partial charge on any atom is 0.300 e. The van der Waals surface area contributed by atoms with E-state index in [-0.39, 0.29) is 21.9 Å². The van der Waals surface area contributed by atoms with E-state index in [0.29, 0.717) is 17.0 Å². The van der Waals surface area contributed by atoms with E-state index >= 15 is 0 Å². The molecule has 0 bridgehead atoms. The van der Waals surface area contributed by atoms with Crippen molar-refractivity contribution < 1.29 is 19.4 Å². The number of amides is 1. The number of carbonyl (C=O) groups is 2. The molecule has 0 aromatic heterocycles. The number of rotatable bonds is 5. The number of ether oxygens (including phenoxy) is 1. The van der Waals surface area contributed by atoms with Gasteiger partial charge in [0.25, 0.3) is 11.7 Å². The number of aliphatic hydroxyl groups is 1. The summed E-state index contributed by atoms with van der Waals surface area (Å²) in [6, 6.07) is 20.4. The van der Waals surface area contributed by atoms with Crippen molar-refractivity contribution in [3.05, 3.63) is 94.5 Å². The molecule has 1 aliphatic rings. The first-order valence-corrected chi connectivity index (χ1v) is 10.7. The fraction of sp³-hybridized carbons (Fsp3) is 0.154. The fourth-order valence-electron chi connectivity index (χ4n) is 3.92. The van der Waals surface area contributed by atoms with Crippen molar-refractivity contribution >= 4 is 40.4 Å². The van der Waals surface area contributed by atoms with Crippen LogP contribution in [0.2, 0.25) is 5.02 Å². The molecule has 4 rings (SSSR count). The van der Waals surface area contributed by atoms with Gasteiger partial charge >= 0.3 is 0 Å². The Kier molecular flexibility index (Phi) is 6.11. The molecule has 3 aromatic rings. The first-order valence-electron chi connectivity index (χ1n) is 10.3. The Hall–Kier alpha value is -3.77. The highest BCUT2D eigenvalue weighted by molar-refractivity contribution is 6.52. The molecule has 0 spiro atoms. The normalized spacial score (nSPS) is 17.3. The number of anilines is 2. The summed E-state index contributed by atoms with van der Waals surface area (Å²) in [5, 5.41) is 11.5. The van der Waals surface area contributed by atoms with Gasteiger partial charge in [0.2, 0.25) is 0 Å². The predicted molar refractivity (Wildman–Crippen MR) is 130 cm³/mol. The molecule has 168 valence electrons. The van der Waals surface area contributed by atoms with Gasteiger partial charge in [-0.25, -0.2) is 0 Å². The van der Waals surface area contributed by atoms with E-state index in [1.54, 1.807) is 42.5 Å². The van der Waals surface area contributed by atoms with E-state index in [1.165, 1.54) is 12.0 Å². The lowest BCUT2D eigenvalue weighted by Gasteiger charge is -2.26. The summed E-state index contributed by atoms with van der Waals surface area (Å²) in [4.78, 5) is 29.8. The standard InChI is InChI=1S/C26H23ClN2O4/c1-28(2)17-11-9-16(10-12-17)23-22(24(30)20-15-19(33-3)13-14-21(20)27)25(31)26(32)29(23)18-7-5-4-6-8-18/h4-15,23,30H,1-3H3/b24-22+. The summed E-state index contributed by atoms with van der Waals surface area (Å²) in [6.07, 6.45) is 0. The SMILES string of the molecule is COc1ccc(Cl)c(/C(O)=C2\C(=O)C(=O)N(c3ccccc3)C2c2ccc(N(C)C)cc2)c1. The number of halogens is 1. The van der Waals surface area contributed by atoms with Crippen LogP contribution in [-0.2, 0) is 9.59 Å². The molecule has 1 saturated heterocycles. The van der Waals surface area contributed by atoms with Crippen LogP contribution in [0.1, 0.15) is 17.2 Å². The van der Waals surface area contributed by atoms with Crippen molar-refractivity contribution in [2.75, 3.05) is 31.0 Å². The Morgan fingerprint density at radius 2 is 1.67 bits per heavy atom. The van der Waals surface area contributed by atoms with Gasteiger partial charge in [0, 0.05) is 31.0 Å². The zero-order valence-electron chi connectivity index (χ0n) is 18.4. The third-order valence-electron chi connectivity index (χ3n) is 5.63. The quantitative estimate of drug-likeness (QED) is 0.327. The van der Waals surface area contributed by atoms with Crippen LogP contribution in [0.25, 0.3) is 5.76 Å². The summed E-state index contributed by atoms with van der Waals surface area (Å²) in [6.45, 7) is 0. The third kappa shape index (κ3) is 4.05. The number of nitrogens with zero attached hydrogens (tertiary/aromatic N) is 2. The van der Waals surface area contributed by atoms with E-state index in [4.69, 9.17) is 16.3 Å². The van der Waals surface area contributed by atoms with Gasteiger partial charge in [-0.2, -0.15) is 0 Å². The lowest BCUT2D eigenvalue weighted by Crippen LogP contribution is -2.29. The zero-order chi connectivity index (χ0) is 23.7. The highest BCUT2D eigenvalue weighted by Gasteiger charge is 2.47. The predicted octanol–water partition coefficient (Wildman–Crippen LogP) is 5.04. The molecule has 7 heteroatoms. The summed E-state index contributed by atoms with van der Waals surface area (Å²) in [5.41, 5.74) is 2.39. The molecule has 0 radical (unpaired) electrons. The largest absolute Gasteiger partial charge is 0.507 e. The Balaban J connectivity index is 1.95. The lowest BCUT2D eigenvalue weighted by molar-refractivity contribution is -0.132. The van der Waals surface area contributed by atoms with Crippen molar-refractivity contribution in [1.29, 1.82) is 0 Å². The minimum absolute atomic E-state index is 0.0309. The van der Waals surface area contributed by atoms with Crippen molar-refractivity contribution in [2.24, 2.45) is 0 Å². The van der Waals surface area contributed by atoms with Gasteiger partial charge in [0.1, 0.15) is 11.5 Å². The number of hydrogen-bond donors (Lipinski definition) is 1. The molecule has 1 N–H and O–H groups in total. The smallest absolute Gasteiger partial charge is 0.300 e. The number of benzene rings is 3. The van der Waals surface area contributed by atoms with E-state index in [2.05, 4.69) is 0 Å². The minimum Gasteiger partial charge on any atom is -0.507 e. The van der Waals surface area contributed by atoms with E-state index < -0.39 is 17.7 Å². The van der Waals surface area contributed by atoms with Gasteiger partial charge in [0.15, 0.2) is 0 Å².